The fourth-order valence-electron chi connectivity index (χ4n) is 4.37. The van der Waals surface area contributed by atoms with Crippen molar-refractivity contribution >= 4 is 5.82 Å². The third-order valence-electron chi connectivity index (χ3n) is 6.21. The van der Waals surface area contributed by atoms with E-state index in [1.807, 2.05) is 6.07 Å². The van der Waals surface area contributed by atoms with Crippen molar-refractivity contribution in [3.8, 4) is 0 Å². The van der Waals surface area contributed by atoms with Gasteiger partial charge in [-0.1, -0.05) is 26.8 Å². The molecule has 2 fully saturated rings. The highest BCUT2D eigenvalue weighted by molar-refractivity contribution is 5.38. The van der Waals surface area contributed by atoms with Crippen LogP contribution in [0.3, 0.4) is 0 Å². The number of hydrogen-bond donors (Lipinski definition) is 2. The van der Waals surface area contributed by atoms with Crippen molar-refractivity contribution in [1.29, 1.82) is 0 Å². The quantitative estimate of drug-likeness (QED) is 0.824. The second-order valence-corrected chi connectivity index (χ2v) is 9.59. The number of rotatable bonds is 4. The zero-order chi connectivity index (χ0) is 20.5. The number of aromatic amines is 1. The van der Waals surface area contributed by atoms with Gasteiger partial charge >= 0.3 is 0 Å². The SMILES string of the molecule is CC(C)(C)c1cc(CN2CCOC3(CCN(Cc4cccnc4N)CC3)C2)[nH]n1. The molecule has 2 aliphatic rings. The van der Waals surface area contributed by atoms with Crippen LogP contribution in [0.5, 0.6) is 0 Å². The Labute approximate surface area is 173 Å². The first kappa shape index (κ1) is 20.3. The summed E-state index contributed by atoms with van der Waals surface area (Å²) in [4.78, 5) is 9.18. The van der Waals surface area contributed by atoms with Crippen LogP contribution >= 0.6 is 0 Å². The minimum atomic E-state index is -0.0257. The van der Waals surface area contributed by atoms with Crippen molar-refractivity contribution in [2.75, 3.05) is 38.5 Å². The van der Waals surface area contributed by atoms with Gasteiger partial charge in [0.1, 0.15) is 5.82 Å². The molecule has 0 unspecified atom stereocenters. The summed E-state index contributed by atoms with van der Waals surface area (Å²) in [6.07, 6.45) is 3.86. The zero-order valence-corrected chi connectivity index (χ0v) is 17.9. The summed E-state index contributed by atoms with van der Waals surface area (Å²) in [6.45, 7) is 13.2. The van der Waals surface area contributed by atoms with Crippen LogP contribution in [-0.4, -0.2) is 63.4 Å². The molecule has 2 aromatic rings. The van der Waals surface area contributed by atoms with Gasteiger partial charge in [-0.15, -0.1) is 0 Å². The number of nitrogens with one attached hydrogen (secondary N) is 1. The zero-order valence-electron chi connectivity index (χ0n) is 17.9. The van der Waals surface area contributed by atoms with Crippen molar-refractivity contribution in [2.45, 2.75) is 57.7 Å². The summed E-state index contributed by atoms with van der Waals surface area (Å²) in [5.41, 5.74) is 9.50. The van der Waals surface area contributed by atoms with Crippen molar-refractivity contribution in [3.63, 3.8) is 0 Å². The highest BCUT2D eigenvalue weighted by Crippen LogP contribution is 2.31. The molecule has 2 saturated heterocycles. The third kappa shape index (κ3) is 4.79. The first-order chi connectivity index (χ1) is 13.8. The molecule has 4 heterocycles. The number of piperidine rings is 1. The Morgan fingerprint density at radius 3 is 2.66 bits per heavy atom. The van der Waals surface area contributed by atoms with E-state index in [0.717, 1.165) is 70.0 Å². The minimum absolute atomic E-state index is 0.0257. The Hall–Kier alpha value is -1.96. The molecule has 0 amide bonds. The summed E-state index contributed by atoms with van der Waals surface area (Å²) in [7, 11) is 0. The molecule has 3 N–H and O–H groups in total. The molecule has 2 aliphatic heterocycles. The summed E-state index contributed by atoms with van der Waals surface area (Å²) in [6, 6.07) is 6.24. The van der Waals surface area contributed by atoms with Crippen molar-refractivity contribution in [2.24, 2.45) is 0 Å². The molecule has 7 heteroatoms. The lowest BCUT2D eigenvalue weighted by Crippen LogP contribution is -2.56. The van der Waals surface area contributed by atoms with Gasteiger partial charge in [-0.2, -0.15) is 5.10 Å². The Morgan fingerprint density at radius 2 is 1.97 bits per heavy atom. The maximum absolute atomic E-state index is 6.32. The van der Waals surface area contributed by atoms with E-state index >= 15 is 0 Å². The monoisotopic (exact) mass is 398 g/mol. The smallest absolute Gasteiger partial charge is 0.127 e. The number of H-pyrrole nitrogens is 1. The highest BCUT2D eigenvalue weighted by atomic mass is 16.5. The van der Waals surface area contributed by atoms with E-state index < -0.39 is 0 Å². The average Bonchev–Trinajstić information content (AvgIpc) is 3.15. The lowest BCUT2D eigenvalue weighted by atomic mass is 9.89. The van der Waals surface area contributed by atoms with E-state index in [2.05, 4.69) is 57.9 Å². The van der Waals surface area contributed by atoms with Crippen molar-refractivity contribution in [3.05, 3.63) is 41.3 Å². The van der Waals surface area contributed by atoms with Crippen LogP contribution in [0.4, 0.5) is 5.82 Å². The van der Waals surface area contributed by atoms with Gasteiger partial charge in [0.25, 0.3) is 0 Å². The van der Waals surface area contributed by atoms with Crippen LogP contribution in [0.25, 0.3) is 0 Å². The molecule has 0 bridgehead atoms. The van der Waals surface area contributed by atoms with Crippen molar-refractivity contribution < 1.29 is 4.74 Å². The van der Waals surface area contributed by atoms with E-state index in [4.69, 9.17) is 10.5 Å². The maximum Gasteiger partial charge on any atom is 0.127 e. The van der Waals surface area contributed by atoms with Gasteiger partial charge in [-0.05, 0) is 25.0 Å². The number of nitrogens with two attached hydrogens (primary N) is 1. The summed E-state index contributed by atoms with van der Waals surface area (Å²) >= 11 is 0. The van der Waals surface area contributed by atoms with Crippen LogP contribution in [0.1, 0.15) is 50.6 Å². The third-order valence-corrected chi connectivity index (χ3v) is 6.21. The summed E-state index contributed by atoms with van der Waals surface area (Å²) in [5, 5.41) is 7.74. The Kier molecular flexibility index (Phi) is 5.64. The summed E-state index contributed by atoms with van der Waals surface area (Å²) < 4.78 is 6.32. The topological polar surface area (TPSA) is 83.3 Å². The lowest BCUT2D eigenvalue weighted by molar-refractivity contribution is -0.138. The molecule has 0 radical (unpaired) electrons. The maximum atomic E-state index is 6.32. The Morgan fingerprint density at radius 1 is 1.17 bits per heavy atom. The number of hydrogen-bond acceptors (Lipinski definition) is 6. The molecule has 29 heavy (non-hydrogen) atoms. The van der Waals surface area contributed by atoms with Crippen LogP contribution in [0.15, 0.2) is 24.4 Å². The van der Waals surface area contributed by atoms with Gasteiger partial charge in [0.2, 0.25) is 0 Å². The van der Waals surface area contributed by atoms with Crippen LogP contribution in [-0.2, 0) is 23.2 Å². The average molecular weight is 399 g/mol. The molecule has 0 aliphatic carbocycles. The van der Waals surface area contributed by atoms with E-state index in [9.17, 15) is 0 Å². The van der Waals surface area contributed by atoms with Crippen LogP contribution in [0, 0.1) is 0 Å². The number of aromatic nitrogens is 3. The number of likely N-dealkylation sites (tertiary alicyclic amines) is 1. The molecule has 4 rings (SSSR count). The summed E-state index contributed by atoms with van der Waals surface area (Å²) in [5.74, 6) is 0.641. The Balaban J connectivity index is 1.33. The normalized spacial score (nSPS) is 20.9. The largest absolute Gasteiger partial charge is 0.383 e. The standard InChI is InChI=1S/C22H34N6O/c1-21(2,3)19-13-18(25-26-19)15-28-11-12-29-22(16-28)6-9-27(10-7-22)14-17-5-4-8-24-20(17)23/h4-5,8,13H,6-7,9-12,14-16H2,1-3H3,(H2,23,24)(H,25,26). The predicted octanol–water partition coefficient (Wildman–Crippen LogP) is 2.55. The number of nitrogen functional groups attached to an aromatic ring is 1. The van der Waals surface area contributed by atoms with Crippen LogP contribution in [0.2, 0.25) is 0 Å². The van der Waals surface area contributed by atoms with E-state index in [1.54, 1.807) is 6.20 Å². The fraction of sp³-hybridized carbons (Fsp3) is 0.636. The fourth-order valence-corrected chi connectivity index (χ4v) is 4.37. The minimum Gasteiger partial charge on any atom is -0.383 e. The first-order valence-electron chi connectivity index (χ1n) is 10.7. The van der Waals surface area contributed by atoms with Crippen molar-refractivity contribution in [1.82, 2.24) is 25.0 Å². The molecular formula is C22H34N6O. The molecule has 0 aromatic carbocycles. The van der Waals surface area contributed by atoms with Gasteiger partial charge in [0, 0.05) is 62.1 Å². The molecule has 0 atom stereocenters. The number of nitrogens with zero attached hydrogens (tertiary/aromatic N) is 4. The van der Waals surface area contributed by atoms with Gasteiger partial charge in [0.05, 0.1) is 17.9 Å². The van der Waals surface area contributed by atoms with Gasteiger partial charge in [0.15, 0.2) is 0 Å². The molecule has 0 saturated carbocycles. The van der Waals surface area contributed by atoms with Crippen LogP contribution < -0.4 is 5.73 Å². The molecule has 158 valence electrons. The Bertz CT molecular complexity index is 819. The molecular weight excluding hydrogens is 364 g/mol. The highest BCUT2D eigenvalue weighted by Gasteiger charge is 2.39. The van der Waals surface area contributed by atoms with Gasteiger partial charge in [-0.3, -0.25) is 14.9 Å². The molecule has 1 spiro atoms. The number of ether oxygens (including phenoxy) is 1. The number of pyridine rings is 1. The van der Waals surface area contributed by atoms with E-state index in [-0.39, 0.29) is 11.0 Å². The van der Waals surface area contributed by atoms with Gasteiger partial charge < -0.3 is 10.5 Å². The predicted molar refractivity (Wildman–Crippen MR) is 114 cm³/mol. The molecule has 7 nitrogen and oxygen atoms in total. The number of anilines is 1. The molecule has 2 aromatic heterocycles. The second kappa shape index (κ2) is 8.05. The first-order valence-corrected chi connectivity index (χ1v) is 10.7. The van der Waals surface area contributed by atoms with E-state index in [0.29, 0.717) is 5.82 Å². The van der Waals surface area contributed by atoms with E-state index in [1.165, 1.54) is 5.69 Å². The lowest BCUT2D eigenvalue weighted by Gasteiger charge is -2.47. The van der Waals surface area contributed by atoms with Gasteiger partial charge in [-0.25, -0.2) is 4.98 Å². The number of morpholine rings is 1. The second-order valence-electron chi connectivity index (χ2n) is 9.59.